The molecule has 8 rings (SSSR count). The van der Waals surface area contributed by atoms with Crippen LogP contribution in [0.15, 0.2) is 36.4 Å². The van der Waals surface area contributed by atoms with E-state index in [4.69, 9.17) is 9.47 Å². The summed E-state index contributed by atoms with van der Waals surface area (Å²) in [5.74, 6) is 0.857. The van der Waals surface area contributed by atoms with Gasteiger partial charge in [-0.05, 0) is 102 Å². The van der Waals surface area contributed by atoms with E-state index < -0.39 is 5.41 Å². The molecule has 2 N–H and O–H groups in total. The number of hydrogen-bond acceptors (Lipinski definition) is 10. The molecule has 5 aliphatic rings. The number of aryl methyl sites for hydroxylation is 2. The van der Waals surface area contributed by atoms with Crippen LogP contribution in [0.4, 0.5) is 0 Å². The van der Waals surface area contributed by atoms with Gasteiger partial charge >= 0.3 is 0 Å². The van der Waals surface area contributed by atoms with Crippen LogP contribution in [0.1, 0.15) is 75.0 Å². The molecular formula is C37H43N9O5. The van der Waals surface area contributed by atoms with E-state index >= 15 is 0 Å². The van der Waals surface area contributed by atoms with Crippen molar-refractivity contribution in [1.29, 1.82) is 5.26 Å². The third-order valence-electron chi connectivity index (χ3n) is 11.4. The molecule has 3 aliphatic heterocycles. The van der Waals surface area contributed by atoms with Crippen LogP contribution in [0.3, 0.4) is 0 Å². The van der Waals surface area contributed by atoms with Crippen LogP contribution in [0.5, 0.6) is 0 Å². The van der Waals surface area contributed by atoms with Gasteiger partial charge in [-0.2, -0.15) is 5.26 Å². The van der Waals surface area contributed by atoms with E-state index in [0.717, 1.165) is 35.1 Å². The van der Waals surface area contributed by atoms with Gasteiger partial charge in [-0.15, -0.1) is 5.10 Å². The molecule has 14 nitrogen and oxygen atoms in total. The second-order valence-corrected chi connectivity index (χ2v) is 14.4. The average molecular weight is 694 g/mol. The lowest BCUT2D eigenvalue weighted by atomic mass is 9.67. The van der Waals surface area contributed by atoms with Crippen molar-refractivity contribution in [1.82, 2.24) is 40.6 Å². The number of hydrogen-bond donors (Lipinski definition) is 2. The summed E-state index contributed by atoms with van der Waals surface area (Å²) in [5.41, 5.74) is 4.25. The Labute approximate surface area is 296 Å². The number of aromatic amines is 1. The van der Waals surface area contributed by atoms with Crippen molar-refractivity contribution < 1.29 is 23.9 Å². The topological polar surface area (TPSA) is 170 Å². The number of nitriles is 1. The van der Waals surface area contributed by atoms with E-state index in [2.05, 4.69) is 32.0 Å². The van der Waals surface area contributed by atoms with E-state index in [1.807, 2.05) is 53.1 Å². The molecule has 14 heteroatoms. The van der Waals surface area contributed by atoms with E-state index in [9.17, 15) is 19.6 Å². The standard InChI is InChI=1S/C37H43N9O5/c1-23(39-22-33(47)46-29(21-38)18-28-19-32(28)46)20-37(36-40-42-43-41-36)30-6-4-26(34(48)44-8-12-50-13-9-44)16-24(30)2-3-25-17-27(5-7-31(25)37)35(49)45-10-14-51-15-11-45/h4-7,16-17,23,28-29,32,39H,2-3,8-15,18-20,22H2,1H3,(H,40,41,42,43)/t23-,28+,29?,32-/m0/s1. The predicted octanol–water partition coefficient (Wildman–Crippen LogP) is 1.46. The first-order valence-corrected chi connectivity index (χ1v) is 18.1. The van der Waals surface area contributed by atoms with Gasteiger partial charge < -0.3 is 29.5 Å². The number of benzene rings is 2. The molecule has 266 valence electrons. The molecule has 4 fully saturated rings. The number of likely N-dealkylation sites (tertiary alicyclic amines) is 1. The van der Waals surface area contributed by atoms with Crippen molar-refractivity contribution >= 4 is 17.7 Å². The molecule has 51 heavy (non-hydrogen) atoms. The van der Waals surface area contributed by atoms with Crippen LogP contribution >= 0.6 is 0 Å². The molecule has 0 bridgehead atoms. The smallest absolute Gasteiger partial charge is 0.254 e. The summed E-state index contributed by atoms with van der Waals surface area (Å²) in [7, 11) is 0. The number of tetrazole rings is 1. The molecule has 1 aromatic heterocycles. The van der Waals surface area contributed by atoms with Crippen molar-refractivity contribution in [3.8, 4) is 6.07 Å². The molecule has 1 unspecified atom stereocenters. The van der Waals surface area contributed by atoms with Crippen molar-refractivity contribution in [2.45, 2.75) is 62.6 Å². The largest absolute Gasteiger partial charge is 0.378 e. The maximum absolute atomic E-state index is 13.7. The molecule has 2 aromatic carbocycles. The number of fused-ring (bicyclic) bond motifs is 3. The summed E-state index contributed by atoms with van der Waals surface area (Å²) >= 11 is 0. The molecule has 4 heterocycles. The van der Waals surface area contributed by atoms with Gasteiger partial charge in [-0.25, -0.2) is 5.10 Å². The number of nitrogens with zero attached hydrogens (tertiary/aromatic N) is 7. The molecule has 3 amide bonds. The number of aromatic nitrogens is 4. The first-order chi connectivity index (χ1) is 24.9. The van der Waals surface area contributed by atoms with Crippen LogP contribution in [0, 0.1) is 17.2 Å². The van der Waals surface area contributed by atoms with Gasteiger partial charge in [0, 0.05) is 49.4 Å². The van der Waals surface area contributed by atoms with Gasteiger partial charge in [-0.1, -0.05) is 12.1 Å². The second kappa shape index (κ2) is 13.8. The van der Waals surface area contributed by atoms with Gasteiger partial charge in [0.1, 0.15) is 6.04 Å². The quantitative estimate of drug-likeness (QED) is 0.352. The Kier molecular flexibility index (Phi) is 9.03. The Morgan fingerprint density at radius 1 is 0.941 bits per heavy atom. The lowest BCUT2D eigenvalue weighted by Gasteiger charge is -2.37. The highest BCUT2D eigenvalue weighted by atomic mass is 16.5. The fourth-order valence-electron chi connectivity index (χ4n) is 8.74. The number of H-pyrrole nitrogens is 1. The van der Waals surface area contributed by atoms with E-state index in [1.165, 1.54) is 0 Å². The average Bonchev–Trinajstić information content (AvgIpc) is 3.55. The van der Waals surface area contributed by atoms with Crippen LogP contribution in [0.2, 0.25) is 0 Å². The Hall–Kier alpha value is -4.71. The number of morpholine rings is 2. The zero-order valence-electron chi connectivity index (χ0n) is 28.8. The van der Waals surface area contributed by atoms with Crippen molar-refractivity contribution in [3.05, 3.63) is 75.6 Å². The highest BCUT2D eigenvalue weighted by Crippen LogP contribution is 2.48. The van der Waals surface area contributed by atoms with Crippen LogP contribution in [0.25, 0.3) is 0 Å². The fourth-order valence-corrected chi connectivity index (χ4v) is 8.74. The predicted molar refractivity (Wildman–Crippen MR) is 183 cm³/mol. The molecule has 3 saturated heterocycles. The molecule has 0 radical (unpaired) electrons. The first-order valence-electron chi connectivity index (χ1n) is 18.1. The SMILES string of the molecule is C[C@@H](CC1(c2nnn[nH]2)c2ccc(C(=O)N3CCOCC3)cc2CCc2cc(C(=O)N3CCOCC3)ccc21)NCC(=O)N1C(C#N)C[C@@H]2C[C@@H]21. The summed E-state index contributed by atoms with van der Waals surface area (Å²) in [4.78, 5) is 46.2. The van der Waals surface area contributed by atoms with Gasteiger partial charge in [0.2, 0.25) is 5.91 Å². The maximum atomic E-state index is 13.7. The Morgan fingerprint density at radius 3 is 2.06 bits per heavy atom. The Morgan fingerprint density at radius 2 is 1.53 bits per heavy atom. The van der Waals surface area contributed by atoms with E-state index in [-0.39, 0.29) is 42.4 Å². The van der Waals surface area contributed by atoms with Crippen molar-refractivity contribution in [3.63, 3.8) is 0 Å². The number of rotatable bonds is 8. The zero-order chi connectivity index (χ0) is 35.1. The minimum absolute atomic E-state index is 0.0303. The Balaban J connectivity index is 1.17. The number of piperidine rings is 1. The lowest BCUT2D eigenvalue weighted by Crippen LogP contribution is -2.46. The van der Waals surface area contributed by atoms with E-state index in [1.54, 1.807) is 4.90 Å². The lowest BCUT2D eigenvalue weighted by molar-refractivity contribution is -0.131. The number of amides is 3. The summed E-state index contributed by atoms with van der Waals surface area (Å²) in [6.45, 7) is 6.40. The van der Waals surface area contributed by atoms with Gasteiger partial charge in [0.05, 0.1) is 44.5 Å². The van der Waals surface area contributed by atoms with Crippen LogP contribution < -0.4 is 5.32 Å². The summed E-state index contributed by atoms with van der Waals surface area (Å²) in [6.07, 6.45) is 3.47. The molecule has 1 saturated carbocycles. The normalized spacial score (nSPS) is 24.1. The zero-order valence-corrected chi connectivity index (χ0v) is 28.8. The summed E-state index contributed by atoms with van der Waals surface area (Å²) in [5, 5.41) is 28.8. The third-order valence-corrected chi connectivity index (χ3v) is 11.4. The number of carbonyl (C=O) groups excluding carboxylic acids is 3. The summed E-state index contributed by atoms with van der Waals surface area (Å²) < 4.78 is 11.0. The number of ether oxygens (including phenoxy) is 2. The molecule has 0 spiro atoms. The van der Waals surface area contributed by atoms with Gasteiger partial charge in [-0.3, -0.25) is 14.4 Å². The van der Waals surface area contributed by atoms with Gasteiger partial charge in [0.25, 0.3) is 11.8 Å². The third kappa shape index (κ3) is 6.17. The first kappa shape index (κ1) is 33.4. The van der Waals surface area contributed by atoms with Crippen LogP contribution in [-0.4, -0.2) is 130 Å². The molecular weight excluding hydrogens is 650 g/mol. The molecule has 2 aliphatic carbocycles. The fraction of sp³-hybridized carbons (Fsp3) is 0.541. The Bertz CT molecular complexity index is 1770. The maximum Gasteiger partial charge on any atom is 0.254 e. The monoisotopic (exact) mass is 693 g/mol. The molecule has 3 aromatic rings. The number of nitrogens with one attached hydrogen (secondary N) is 2. The van der Waals surface area contributed by atoms with Crippen LogP contribution in [-0.2, 0) is 32.5 Å². The highest BCUT2D eigenvalue weighted by Gasteiger charge is 2.54. The molecule has 4 atom stereocenters. The van der Waals surface area contributed by atoms with Gasteiger partial charge in [0.15, 0.2) is 5.82 Å². The van der Waals surface area contributed by atoms with Crippen molar-refractivity contribution in [2.24, 2.45) is 5.92 Å². The summed E-state index contributed by atoms with van der Waals surface area (Å²) in [6, 6.07) is 13.7. The van der Waals surface area contributed by atoms with E-state index in [0.29, 0.717) is 94.7 Å². The highest BCUT2D eigenvalue weighted by molar-refractivity contribution is 5.95. The number of carbonyl (C=O) groups is 3. The second-order valence-electron chi connectivity index (χ2n) is 14.4. The minimum atomic E-state index is -0.911. The van der Waals surface area contributed by atoms with Crippen molar-refractivity contribution in [2.75, 3.05) is 59.2 Å². The minimum Gasteiger partial charge on any atom is -0.378 e.